The van der Waals surface area contributed by atoms with E-state index < -0.39 is 0 Å². The van der Waals surface area contributed by atoms with Gasteiger partial charge in [-0.25, -0.2) is 4.39 Å². The summed E-state index contributed by atoms with van der Waals surface area (Å²) in [5.74, 6) is -0.163. The SMILES string of the molecule is N#Cc1ccccc1CN(Cc1cccn1Cc1ccccc1F)C1CCCCC1. The van der Waals surface area contributed by atoms with Crippen LogP contribution in [0, 0.1) is 17.1 Å². The highest BCUT2D eigenvalue weighted by Gasteiger charge is 2.23. The first-order chi connectivity index (χ1) is 14.7. The quantitative estimate of drug-likeness (QED) is 0.495. The molecule has 0 atom stereocenters. The zero-order chi connectivity index (χ0) is 20.8. The third-order valence-electron chi connectivity index (χ3n) is 6.19. The predicted octanol–water partition coefficient (Wildman–Crippen LogP) is 5.88. The first-order valence-electron chi connectivity index (χ1n) is 10.8. The Labute approximate surface area is 178 Å². The summed E-state index contributed by atoms with van der Waals surface area (Å²) in [6.07, 6.45) is 8.26. The molecule has 0 saturated heterocycles. The van der Waals surface area contributed by atoms with Crippen molar-refractivity contribution >= 4 is 0 Å². The highest BCUT2D eigenvalue weighted by atomic mass is 19.1. The number of hydrogen-bond acceptors (Lipinski definition) is 2. The van der Waals surface area contributed by atoms with Crippen molar-refractivity contribution in [3.63, 3.8) is 0 Å². The largest absolute Gasteiger partial charge is 0.346 e. The molecule has 0 spiro atoms. The van der Waals surface area contributed by atoms with Crippen LogP contribution in [0.1, 0.15) is 54.5 Å². The van der Waals surface area contributed by atoms with Gasteiger partial charge in [0.05, 0.1) is 18.2 Å². The number of benzene rings is 2. The molecule has 3 aromatic rings. The Morgan fingerprint density at radius 2 is 1.63 bits per heavy atom. The fourth-order valence-electron chi connectivity index (χ4n) is 4.51. The zero-order valence-corrected chi connectivity index (χ0v) is 17.3. The lowest BCUT2D eigenvalue weighted by molar-refractivity contribution is 0.136. The Hall–Kier alpha value is -2.90. The van der Waals surface area contributed by atoms with Gasteiger partial charge in [-0.1, -0.05) is 55.7 Å². The van der Waals surface area contributed by atoms with Crippen LogP contribution in [-0.2, 0) is 19.6 Å². The van der Waals surface area contributed by atoms with Gasteiger partial charge in [-0.2, -0.15) is 5.26 Å². The van der Waals surface area contributed by atoms with Crippen molar-refractivity contribution in [1.29, 1.82) is 5.26 Å². The first kappa shape index (κ1) is 20.4. The van der Waals surface area contributed by atoms with Crippen molar-refractivity contribution in [3.05, 3.63) is 95.1 Å². The van der Waals surface area contributed by atoms with E-state index in [1.165, 1.54) is 43.9 Å². The first-order valence-corrected chi connectivity index (χ1v) is 10.8. The van der Waals surface area contributed by atoms with Crippen LogP contribution in [-0.4, -0.2) is 15.5 Å². The Morgan fingerprint density at radius 1 is 0.900 bits per heavy atom. The topological polar surface area (TPSA) is 32.0 Å². The van der Waals surface area contributed by atoms with Crippen molar-refractivity contribution in [3.8, 4) is 6.07 Å². The van der Waals surface area contributed by atoms with Gasteiger partial charge < -0.3 is 4.57 Å². The number of aromatic nitrogens is 1. The van der Waals surface area contributed by atoms with E-state index in [1.807, 2.05) is 42.6 Å². The number of nitriles is 1. The second-order valence-corrected chi connectivity index (χ2v) is 8.18. The molecule has 30 heavy (non-hydrogen) atoms. The van der Waals surface area contributed by atoms with Crippen LogP contribution in [0.25, 0.3) is 0 Å². The van der Waals surface area contributed by atoms with Gasteiger partial charge in [0, 0.05) is 36.6 Å². The summed E-state index contributed by atoms with van der Waals surface area (Å²) < 4.78 is 16.3. The molecule has 2 aromatic carbocycles. The fraction of sp³-hybridized carbons (Fsp3) is 0.346. The van der Waals surface area contributed by atoms with Crippen molar-refractivity contribution in [2.75, 3.05) is 0 Å². The van der Waals surface area contributed by atoms with Crippen molar-refractivity contribution < 1.29 is 4.39 Å². The van der Waals surface area contributed by atoms with Gasteiger partial charge in [0.25, 0.3) is 0 Å². The third kappa shape index (κ3) is 4.80. The van der Waals surface area contributed by atoms with E-state index in [4.69, 9.17) is 0 Å². The van der Waals surface area contributed by atoms with Crippen LogP contribution in [0.15, 0.2) is 66.9 Å². The monoisotopic (exact) mass is 401 g/mol. The van der Waals surface area contributed by atoms with Gasteiger partial charge in [-0.15, -0.1) is 0 Å². The van der Waals surface area contributed by atoms with Gasteiger partial charge in [0.2, 0.25) is 0 Å². The lowest BCUT2D eigenvalue weighted by atomic mass is 9.93. The minimum absolute atomic E-state index is 0.163. The Morgan fingerprint density at radius 3 is 2.40 bits per heavy atom. The molecule has 0 bridgehead atoms. The van der Waals surface area contributed by atoms with Gasteiger partial charge in [0.15, 0.2) is 0 Å². The van der Waals surface area contributed by atoms with Crippen molar-refractivity contribution in [2.24, 2.45) is 0 Å². The molecule has 1 saturated carbocycles. The van der Waals surface area contributed by atoms with Crippen LogP contribution in [0.2, 0.25) is 0 Å². The molecule has 1 aromatic heterocycles. The maximum atomic E-state index is 14.2. The molecule has 0 N–H and O–H groups in total. The molecule has 0 radical (unpaired) electrons. The van der Waals surface area contributed by atoms with Crippen LogP contribution < -0.4 is 0 Å². The minimum Gasteiger partial charge on any atom is -0.346 e. The van der Waals surface area contributed by atoms with E-state index in [1.54, 1.807) is 6.07 Å². The molecule has 1 fully saturated rings. The van der Waals surface area contributed by atoms with Crippen LogP contribution in [0.5, 0.6) is 0 Å². The Kier molecular flexibility index (Phi) is 6.61. The summed E-state index contributed by atoms with van der Waals surface area (Å²) in [5, 5.41) is 9.52. The molecule has 0 aliphatic heterocycles. The molecule has 1 heterocycles. The average molecular weight is 402 g/mol. The molecule has 154 valence electrons. The highest BCUT2D eigenvalue weighted by molar-refractivity contribution is 5.37. The van der Waals surface area contributed by atoms with E-state index >= 15 is 0 Å². The molecule has 4 rings (SSSR count). The average Bonchev–Trinajstić information content (AvgIpc) is 3.22. The molecule has 4 heteroatoms. The summed E-state index contributed by atoms with van der Waals surface area (Å²) in [6.45, 7) is 2.09. The summed E-state index contributed by atoms with van der Waals surface area (Å²) in [6, 6.07) is 21.9. The Balaban J connectivity index is 1.57. The van der Waals surface area contributed by atoms with E-state index in [2.05, 4.69) is 27.7 Å². The second kappa shape index (κ2) is 9.73. The fourth-order valence-corrected chi connectivity index (χ4v) is 4.51. The minimum atomic E-state index is -0.163. The standard InChI is InChI=1S/C26H28FN3/c27-26-15-7-6-11-23(26)19-29-16-8-14-25(29)20-30(24-12-2-1-3-13-24)18-22-10-5-4-9-21(22)17-28/h4-11,14-16,24H,1-3,12-13,18-20H2. The van der Waals surface area contributed by atoms with Gasteiger partial charge in [-0.3, -0.25) is 4.90 Å². The van der Waals surface area contributed by atoms with Crippen LogP contribution in [0.3, 0.4) is 0 Å². The predicted molar refractivity (Wildman–Crippen MR) is 117 cm³/mol. The number of halogens is 1. The normalized spacial score (nSPS) is 14.7. The van der Waals surface area contributed by atoms with Crippen molar-refractivity contribution in [1.82, 2.24) is 9.47 Å². The van der Waals surface area contributed by atoms with Gasteiger partial charge in [-0.05, 0) is 42.7 Å². The van der Waals surface area contributed by atoms with Gasteiger partial charge in [0.1, 0.15) is 5.82 Å². The van der Waals surface area contributed by atoms with Crippen molar-refractivity contribution in [2.45, 2.75) is 57.8 Å². The molecule has 1 aliphatic rings. The number of rotatable bonds is 7. The smallest absolute Gasteiger partial charge is 0.128 e. The maximum Gasteiger partial charge on any atom is 0.128 e. The summed E-state index contributed by atoms with van der Waals surface area (Å²) in [4.78, 5) is 2.52. The molecule has 1 aliphatic carbocycles. The summed E-state index contributed by atoms with van der Waals surface area (Å²) in [7, 11) is 0. The third-order valence-corrected chi connectivity index (χ3v) is 6.19. The van der Waals surface area contributed by atoms with E-state index in [9.17, 15) is 9.65 Å². The van der Waals surface area contributed by atoms with E-state index in [-0.39, 0.29) is 5.82 Å². The zero-order valence-electron chi connectivity index (χ0n) is 17.3. The second-order valence-electron chi connectivity index (χ2n) is 8.18. The number of hydrogen-bond donors (Lipinski definition) is 0. The molecular formula is C26H28FN3. The van der Waals surface area contributed by atoms with Crippen LogP contribution >= 0.6 is 0 Å². The van der Waals surface area contributed by atoms with E-state index in [0.29, 0.717) is 18.2 Å². The lowest BCUT2D eigenvalue weighted by Gasteiger charge is -2.35. The molecule has 0 amide bonds. The Bertz CT molecular complexity index is 1010. The summed E-state index contributed by atoms with van der Waals surface area (Å²) >= 11 is 0. The number of nitrogens with zero attached hydrogens (tertiary/aromatic N) is 3. The van der Waals surface area contributed by atoms with E-state index in [0.717, 1.165) is 24.2 Å². The summed E-state index contributed by atoms with van der Waals surface area (Å²) in [5.41, 5.74) is 3.71. The molecule has 0 unspecified atom stereocenters. The van der Waals surface area contributed by atoms with Gasteiger partial charge >= 0.3 is 0 Å². The molecular weight excluding hydrogens is 373 g/mol. The lowest BCUT2D eigenvalue weighted by Crippen LogP contribution is -2.36. The van der Waals surface area contributed by atoms with Crippen LogP contribution in [0.4, 0.5) is 4.39 Å². The highest BCUT2D eigenvalue weighted by Crippen LogP contribution is 2.27. The molecule has 3 nitrogen and oxygen atoms in total. The maximum absolute atomic E-state index is 14.2.